The third-order valence-corrected chi connectivity index (χ3v) is 4.16. The van der Waals surface area contributed by atoms with Gasteiger partial charge in [-0.1, -0.05) is 23.9 Å². The number of rotatable bonds is 5. The van der Waals surface area contributed by atoms with Crippen LogP contribution in [0.25, 0.3) is 0 Å². The van der Waals surface area contributed by atoms with Crippen molar-refractivity contribution in [2.45, 2.75) is 13.0 Å². The minimum Gasteiger partial charge on any atom is -0.497 e. The molecule has 1 aromatic carbocycles. The first-order chi connectivity index (χ1) is 11.1. The van der Waals surface area contributed by atoms with Gasteiger partial charge in [0.2, 0.25) is 0 Å². The Morgan fingerprint density at radius 3 is 2.78 bits per heavy atom. The number of hydrogen-bond donors (Lipinski definition) is 2. The molecule has 23 heavy (non-hydrogen) atoms. The third kappa shape index (κ3) is 4.76. The zero-order valence-electron chi connectivity index (χ0n) is 13.0. The number of nitrogens with zero attached hydrogens (tertiary/aromatic N) is 2. The van der Waals surface area contributed by atoms with Gasteiger partial charge in [0.25, 0.3) is 5.91 Å². The van der Waals surface area contributed by atoms with Crippen LogP contribution < -0.4 is 15.4 Å². The molecule has 0 saturated carbocycles. The lowest BCUT2D eigenvalue weighted by molar-refractivity contribution is -0.117. The number of thioether (sulfide) groups is 1. The summed E-state index contributed by atoms with van der Waals surface area (Å²) in [7, 11) is 1.60. The molecule has 1 atom stereocenters. The summed E-state index contributed by atoms with van der Waals surface area (Å²) in [6.07, 6.45) is 1.40. The van der Waals surface area contributed by atoms with E-state index in [-0.39, 0.29) is 11.6 Å². The molecule has 0 saturated heterocycles. The summed E-state index contributed by atoms with van der Waals surface area (Å²) >= 11 is 1.56. The quantitative estimate of drug-likeness (QED) is 0.637. The van der Waals surface area contributed by atoms with E-state index in [4.69, 9.17) is 10.00 Å². The van der Waals surface area contributed by atoms with Crippen LogP contribution in [0.5, 0.6) is 5.75 Å². The molecule has 1 aliphatic rings. The number of aliphatic imine (C=N–C) groups is 1. The number of nitriles is 1. The van der Waals surface area contributed by atoms with Crippen molar-refractivity contribution >= 4 is 22.8 Å². The fourth-order valence-electron chi connectivity index (χ4n) is 1.96. The highest BCUT2D eigenvalue weighted by atomic mass is 32.2. The van der Waals surface area contributed by atoms with Crippen molar-refractivity contribution in [3.8, 4) is 11.8 Å². The minimum atomic E-state index is -0.424. The average Bonchev–Trinajstić information content (AvgIpc) is 3.09. The standard InChI is InChI=1S/C16H18N4O2S/c1-11(12-3-5-14(22-2)6-4-12)20-15(21)13(9-17)10-19-16-18-7-8-23-16/h3-6,10-11H,7-8H2,1-2H3,(H,18,19)(H,20,21)/b13-10-. The highest BCUT2D eigenvalue weighted by molar-refractivity contribution is 8.14. The molecule has 1 heterocycles. The average molecular weight is 330 g/mol. The first-order valence-electron chi connectivity index (χ1n) is 7.13. The topological polar surface area (TPSA) is 86.5 Å². The number of methoxy groups -OCH3 is 1. The molecule has 1 unspecified atom stereocenters. The fourth-order valence-corrected chi connectivity index (χ4v) is 2.66. The van der Waals surface area contributed by atoms with Gasteiger partial charge in [0.15, 0.2) is 5.17 Å². The Labute approximate surface area is 139 Å². The predicted octanol–water partition coefficient (Wildman–Crippen LogP) is 1.97. The maximum absolute atomic E-state index is 12.2. The van der Waals surface area contributed by atoms with Crippen LogP contribution in [0.4, 0.5) is 0 Å². The summed E-state index contributed by atoms with van der Waals surface area (Å²) in [5, 5.41) is 15.6. The Bertz CT molecular complexity index is 662. The number of benzene rings is 1. The van der Waals surface area contributed by atoms with Crippen molar-refractivity contribution in [3.05, 3.63) is 41.6 Å². The number of carbonyl (C=O) groups is 1. The zero-order valence-corrected chi connectivity index (χ0v) is 13.8. The molecule has 2 rings (SSSR count). The van der Waals surface area contributed by atoms with Crippen molar-refractivity contribution in [2.75, 3.05) is 19.4 Å². The Balaban J connectivity index is 1.97. The number of ether oxygens (including phenoxy) is 1. The highest BCUT2D eigenvalue weighted by Crippen LogP contribution is 2.17. The molecule has 120 valence electrons. The Hall–Kier alpha value is -2.46. The molecule has 1 aromatic rings. The van der Waals surface area contributed by atoms with E-state index in [2.05, 4.69) is 15.6 Å². The molecular formula is C16H18N4O2S. The second-order valence-corrected chi connectivity index (χ2v) is 5.90. The first kappa shape index (κ1) is 16.9. The monoisotopic (exact) mass is 330 g/mol. The molecule has 1 amide bonds. The van der Waals surface area contributed by atoms with Crippen molar-refractivity contribution in [1.82, 2.24) is 10.6 Å². The van der Waals surface area contributed by atoms with Crippen LogP contribution in [0.15, 0.2) is 41.0 Å². The SMILES string of the molecule is COc1ccc(C(C)NC(=O)/C(C#N)=C\NC2=NCCS2)cc1. The van der Waals surface area contributed by atoms with E-state index >= 15 is 0 Å². The van der Waals surface area contributed by atoms with Crippen LogP contribution in [-0.2, 0) is 4.79 Å². The van der Waals surface area contributed by atoms with Gasteiger partial charge in [-0.05, 0) is 24.6 Å². The first-order valence-corrected chi connectivity index (χ1v) is 8.11. The lowest BCUT2D eigenvalue weighted by Crippen LogP contribution is -2.28. The number of amides is 1. The smallest absolute Gasteiger partial charge is 0.263 e. The van der Waals surface area contributed by atoms with Crippen LogP contribution in [0.3, 0.4) is 0 Å². The Morgan fingerprint density at radius 2 is 2.22 bits per heavy atom. The van der Waals surface area contributed by atoms with Gasteiger partial charge in [-0.2, -0.15) is 5.26 Å². The normalized spacial score (nSPS) is 15.3. The summed E-state index contributed by atoms with van der Waals surface area (Å²) in [6.45, 7) is 2.61. The molecule has 0 radical (unpaired) electrons. The van der Waals surface area contributed by atoms with Crippen LogP contribution in [0.2, 0.25) is 0 Å². The number of hydrogen-bond acceptors (Lipinski definition) is 6. The summed E-state index contributed by atoms with van der Waals surface area (Å²) in [6, 6.07) is 9.10. The van der Waals surface area contributed by atoms with Gasteiger partial charge in [0.1, 0.15) is 17.4 Å². The second-order valence-electron chi connectivity index (χ2n) is 4.82. The zero-order chi connectivity index (χ0) is 16.7. The molecule has 6 nitrogen and oxygen atoms in total. The molecular weight excluding hydrogens is 312 g/mol. The minimum absolute atomic E-state index is 0.0144. The van der Waals surface area contributed by atoms with Crippen LogP contribution in [0.1, 0.15) is 18.5 Å². The molecule has 0 fully saturated rings. The van der Waals surface area contributed by atoms with Gasteiger partial charge in [-0.25, -0.2) is 0 Å². The molecule has 0 bridgehead atoms. The van der Waals surface area contributed by atoms with E-state index in [1.165, 1.54) is 6.20 Å². The number of carbonyl (C=O) groups excluding carboxylic acids is 1. The molecule has 2 N–H and O–H groups in total. The van der Waals surface area contributed by atoms with Crippen molar-refractivity contribution in [1.29, 1.82) is 5.26 Å². The molecule has 1 aliphatic heterocycles. The van der Waals surface area contributed by atoms with Gasteiger partial charge in [0, 0.05) is 12.0 Å². The van der Waals surface area contributed by atoms with E-state index in [1.54, 1.807) is 18.9 Å². The summed E-state index contributed by atoms with van der Waals surface area (Å²) in [5.41, 5.74) is 0.945. The summed E-state index contributed by atoms with van der Waals surface area (Å²) < 4.78 is 5.11. The Kier molecular flexibility index (Phi) is 6.06. The number of nitrogens with one attached hydrogen (secondary N) is 2. The highest BCUT2D eigenvalue weighted by Gasteiger charge is 2.14. The van der Waals surface area contributed by atoms with Crippen LogP contribution in [0, 0.1) is 11.3 Å². The van der Waals surface area contributed by atoms with Crippen LogP contribution in [-0.4, -0.2) is 30.5 Å². The maximum Gasteiger partial charge on any atom is 0.263 e. The molecule has 0 aliphatic carbocycles. The molecule has 0 spiro atoms. The van der Waals surface area contributed by atoms with E-state index in [1.807, 2.05) is 37.3 Å². The lowest BCUT2D eigenvalue weighted by atomic mass is 10.1. The Morgan fingerprint density at radius 1 is 1.48 bits per heavy atom. The van der Waals surface area contributed by atoms with Gasteiger partial charge >= 0.3 is 0 Å². The lowest BCUT2D eigenvalue weighted by Gasteiger charge is -2.14. The predicted molar refractivity (Wildman–Crippen MR) is 91.1 cm³/mol. The van der Waals surface area contributed by atoms with E-state index in [9.17, 15) is 4.79 Å². The number of amidine groups is 1. The van der Waals surface area contributed by atoms with Gasteiger partial charge in [-0.15, -0.1) is 0 Å². The molecule has 0 aromatic heterocycles. The van der Waals surface area contributed by atoms with Crippen molar-refractivity contribution in [3.63, 3.8) is 0 Å². The van der Waals surface area contributed by atoms with E-state index in [0.29, 0.717) is 0 Å². The van der Waals surface area contributed by atoms with Gasteiger partial charge < -0.3 is 15.4 Å². The van der Waals surface area contributed by atoms with Crippen molar-refractivity contribution < 1.29 is 9.53 Å². The third-order valence-electron chi connectivity index (χ3n) is 3.25. The van der Waals surface area contributed by atoms with Crippen LogP contribution >= 0.6 is 11.8 Å². The van der Waals surface area contributed by atoms with E-state index < -0.39 is 5.91 Å². The summed E-state index contributed by atoms with van der Waals surface area (Å²) in [5.74, 6) is 1.24. The second kappa shape index (κ2) is 8.25. The van der Waals surface area contributed by atoms with Gasteiger partial charge in [-0.3, -0.25) is 9.79 Å². The van der Waals surface area contributed by atoms with Crippen molar-refractivity contribution in [2.24, 2.45) is 4.99 Å². The van der Waals surface area contributed by atoms with E-state index in [0.717, 1.165) is 28.8 Å². The summed E-state index contributed by atoms with van der Waals surface area (Å²) in [4.78, 5) is 16.4. The largest absolute Gasteiger partial charge is 0.497 e. The molecule has 7 heteroatoms. The fraction of sp³-hybridized carbons (Fsp3) is 0.312. The maximum atomic E-state index is 12.2. The van der Waals surface area contributed by atoms with Gasteiger partial charge in [0.05, 0.1) is 19.7 Å².